The zero-order valence-electron chi connectivity index (χ0n) is 9.67. The van der Waals surface area contributed by atoms with E-state index in [1.54, 1.807) is 4.52 Å². The summed E-state index contributed by atoms with van der Waals surface area (Å²) in [6.45, 7) is 3.27. The predicted octanol–water partition coefficient (Wildman–Crippen LogP) is 2.16. The highest BCUT2D eigenvalue weighted by atomic mass is 35.5. The number of anilines is 1. The van der Waals surface area contributed by atoms with Crippen LogP contribution in [0.4, 0.5) is 5.82 Å². The Morgan fingerprint density at radius 1 is 1.41 bits per heavy atom. The van der Waals surface area contributed by atoms with E-state index < -0.39 is 0 Å². The lowest BCUT2D eigenvalue weighted by atomic mass is 10.0. The Kier molecular flexibility index (Phi) is 2.63. The maximum absolute atomic E-state index is 6.03. The number of nitrogens with zero attached hydrogens (tertiary/aromatic N) is 5. The molecule has 6 heteroatoms. The zero-order chi connectivity index (χ0) is 11.8. The minimum atomic E-state index is 0.471. The fraction of sp³-hybridized carbons (Fsp3) is 0.545. The lowest BCUT2D eigenvalue weighted by Crippen LogP contribution is -2.38. The van der Waals surface area contributed by atoms with Crippen molar-refractivity contribution in [3.05, 3.63) is 17.5 Å². The summed E-state index contributed by atoms with van der Waals surface area (Å²) in [5, 5.41) is 4.68. The lowest BCUT2D eigenvalue weighted by molar-refractivity contribution is 0.478. The maximum Gasteiger partial charge on any atom is 0.255 e. The van der Waals surface area contributed by atoms with Crippen molar-refractivity contribution >= 4 is 23.2 Å². The molecule has 0 amide bonds. The molecule has 1 aliphatic rings. The molecule has 0 aromatic carbocycles. The molecule has 1 unspecified atom stereocenters. The smallest absolute Gasteiger partial charge is 0.255 e. The normalized spacial score (nSPS) is 21.1. The van der Waals surface area contributed by atoms with Crippen molar-refractivity contribution < 1.29 is 0 Å². The van der Waals surface area contributed by atoms with E-state index in [1.165, 1.54) is 25.6 Å². The van der Waals surface area contributed by atoms with E-state index in [0.717, 1.165) is 12.4 Å². The van der Waals surface area contributed by atoms with Crippen LogP contribution < -0.4 is 4.90 Å². The van der Waals surface area contributed by atoms with Crippen molar-refractivity contribution in [3.63, 3.8) is 0 Å². The Bertz CT molecular complexity index is 538. The minimum absolute atomic E-state index is 0.471. The largest absolute Gasteiger partial charge is 0.354 e. The lowest BCUT2D eigenvalue weighted by Gasteiger charge is -2.35. The average molecular weight is 252 g/mol. The van der Waals surface area contributed by atoms with E-state index in [-0.39, 0.29) is 0 Å². The number of rotatable bonds is 1. The average Bonchev–Trinajstić information content (AvgIpc) is 2.76. The van der Waals surface area contributed by atoms with E-state index in [9.17, 15) is 0 Å². The van der Waals surface area contributed by atoms with Crippen LogP contribution in [0.3, 0.4) is 0 Å². The summed E-state index contributed by atoms with van der Waals surface area (Å²) in [6, 6.07) is 2.38. The van der Waals surface area contributed by atoms with Gasteiger partial charge in [-0.1, -0.05) is 11.6 Å². The number of hydrogen-bond donors (Lipinski definition) is 0. The van der Waals surface area contributed by atoms with Gasteiger partial charge in [-0.05, 0) is 26.2 Å². The molecule has 0 spiro atoms. The van der Waals surface area contributed by atoms with E-state index in [2.05, 4.69) is 26.9 Å². The Morgan fingerprint density at radius 3 is 3.12 bits per heavy atom. The highest BCUT2D eigenvalue weighted by Crippen LogP contribution is 2.26. The summed E-state index contributed by atoms with van der Waals surface area (Å²) in [7, 11) is 0. The van der Waals surface area contributed by atoms with Crippen molar-refractivity contribution in [2.24, 2.45) is 0 Å². The molecule has 3 rings (SSSR count). The molecule has 17 heavy (non-hydrogen) atoms. The monoisotopic (exact) mass is 251 g/mol. The molecule has 3 heterocycles. The Labute approximate surface area is 104 Å². The molecular weight excluding hydrogens is 238 g/mol. The highest BCUT2D eigenvalue weighted by molar-refractivity contribution is 6.29. The molecule has 1 atom stereocenters. The first kappa shape index (κ1) is 10.8. The van der Waals surface area contributed by atoms with Crippen LogP contribution in [-0.4, -0.2) is 32.2 Å². The first-order chi connectivity index (χ1) is 8.25. The van der Waals surface area contributed by atoms with E-state index in [0.29, 0.717) is 17.0 Å². The number of hydrogen-bond acceptors (Lipinski definition) is 4. The van der Waals surface area contributed by atoms with Crippen molar-refractivity contribution in [1.82, 2.24) is 19.6 Å². The van der Waals surface area contributed by atoms with Gasteiger partial charge in [-0.15, -0.1) is 0 Å². The van der Waals surface area contributed by atoms with Crippen LogP contribution in [0.5, 0.6) is 0 Å². The van der Waals surface area contributed by atoms with E-state index in [4.69, 9.17) is 11.6 Å². The molecule has 0 N–H and O–H groups in total. The summed E-state index contributed by atoms with van der Waals surface area (Å²) in [6.07, 6.45) is 5.21. The number of aromatic nitrogens is 4. The quantitative estimate of drug-likeness (QED) is 0.729. The van der Waals surface area contributed by atoms with Gasteiger partial charge in [0, 0.05) is 18.7 Å². The summed E-state index contributed by atoms with van der Waals surface area (Å²) < 4.78 is 1.76. The van der Waals surface area contributed by atoms with Gasteiger partial charge in [0.2, 0.25) is 0 Å². The van der Waals surface area contributed by atoms with Crippen molar-refractivity contribution in [3.8, 4) is 0 Å². The number of halogens is 1. The molecule has 2 aromatic heterocycles. The first-order valence-electron chi connectivity index (χ1n) is 5.88. The fourth-order valence-corrected chi connectivity index (χ4v) is 2.58. The van der Waals surface area contributed by atoms with Gasteiger partial charge in [0.1, 0.15) is 17.3 Å². The molecule has 0 radical (unpaired) electrons. The van der Waals surface area contributed by atoms with Crippen LogP contribution in [0, 0.1) is 0 Å². The minimum Gasteiger partial charge on any atom is -0.354 e. The van der Waals surface area contributed by atoms with Gasteiger partial charge in [-0.25, -0.2) is 0 Å². The molecule has 5 nitrogen and oxygen atoms in total. The SMILES string of the molecule is CC1CCCCN1c1cc(Cl)nc2ncnn12. The van der Waals surface area contributed by atoms with E-state index in [1.807, 2.05) is 6.07 Å². The molecule has 90 valence electrons. The molecule has 2 aromatic rings. The highest BCUT2D eigenvalue weighted by Gasteiger charge is 2.22. The van der Waals surface area contributed by atoms with Gasteiger partial charge in [-0.3, -0.25) is 0 Å². The fourth-order valence-electron chi connectivity index (χ4n) is 2.41. The first-order valence-corrected chi connectivity index (χ1v) is 6.26. The van der Waals surface area contributed by atoms with E-state index >= 15 is 0 Å². The van der Waals surface area contributed by atoms with Crippen molar-refractivity contribution in [1.29, 1.82) is 0 Å². The maximum atomic E-state index is 6.03. The van der Waals surface area contributed by atoms with Crippen LogP contribution in [0.2, 0.25) is 5.15 Å². The van der Waals surface area contributed by atoms with Crippen LogP contribution >= 0.6 is 11.6 Å². The zero-order valence-corrected chi connectivity index (χ0v) is 10.4. The van der Waals surface area contributed by atoms with Gasteiger partial charge in [0.25, 0.3) is 5.78 Å². The Morgan fingerprint density at radius 2 is 2.29 bits per heavy atom. The van der Waals surface area contributed by atoms with Crippen LogP contribution in [0.1, 0.15) is 26.2 Å². The van der Waals surface area contributed by atoms with Gasteiger partial charge in [0.15, 0.2) is 0 Å². The van der Waals surface area contributed by atoms with Crippen LogP contribution in [-0.2, 0) is 0 Å². The topological polar surface area (TPSA) is 46.3 Å². The second kappa shape index (κ2) is 4.14. The standard InChI is InChI=1S/C11H14ClN5/c1-8-4-2-3-5-16(8)10-6-9(12)15-11-13-7-14-17(10)11/h6-8H,2-5H2,1H3. The second-order valence-corrected chi connectivity index (χ2v) is 4.83. The molecule has 0 saturated carbocycles. The molecule has 1 aliphatic heterocycles. The van der Waals surface area contributed by atoms with Gasteiger partial charge in [0.05, 0.1) is 0 Å². The summed E-state index contributed by atoms with van der Waals surface area (Å²) in [5.74, 6) is 1.55. The third-order valence-electron chi connectivity index (χ3n) is 3.30. The molecule has 0 aliphatic carbocycles. The van der Waals surface area contributed by atoms with Gasteiger partial charge in [-0.2, -0.15) is 19.6 Å². The molecular formula is C11H14ClN5. The molecule has 1 fully saturated rings. The van der Waals surface area contributed by atoms with Gasteiger partial charge < -0.3 is 4.90 Å². The van der Waals surface area contributed by atoms with Crippen LogP contribution in [0.25, 0.3) is 5.78 Å². The Balaban J connectivity index is 2.11. The number of piperidine rings is 1. The molecule has 1 saturated heterocycles. The third kappa shape index (κ3) is 1.84. The Hall–Kier alpha value is -1.36. The van der Waals surface area contributed by atoms with Crippen LogP contribution in [0.15, 0.2) is 12.4 Å². The third-order valence-corrected chi connectivity index (χ3v) is 3.49. The second-order valence-electron chi connectivity index (χ2n) is 4.45. The van der Waals surface area contributed by atoms with Gasteiger partial charge >= 0.3 is 0 Å². The summed E-state index contributed by atoms with van der Waals surface area (Å²) >= 11 is 6.03. The summed E-state index contributed by atoms with van der Waals surface area (Å²) in [4.78, 5) is 10.6. The summed E-state index contributed by atoms with van der Waals surface area (Å²) in [5.41, 5.74) is 0. The molecule has 0 bridgehead atoms. The predicted molar refractivity (Wildman–Crippen MR) is 66.5 cm³/mol. The van der Waals surface area contributed by atoms with Crippen molar-refractivity contribution in [2.45, 2.75) is 32.2 Å². The van der Waals surface area contributed by atoms with Crippen molar-refractivity contribution in [2.75, 3.05) is 11.4 Å². The number of fused-ring (bicyclic) bond motifs is 1.